The van der Waals surface area contributed by atoms with Crippen molar-refractivity contribution in [3.8, 4) is 0 Å². The number of hydrogen-bond acceptors (Lipinski definition) is 6. The molecule has 0 aromatic heterocycles. The van der Waals surface area contributed by atoms with E-state index in [1.54, 1.807) is 6.08 Å². The number of esters is 1. The lowest BCUT2D eigenvalue weighted by molar-refractivity contribution is -0.144. The number of aliphatic hydroxyl groups is 2. The number of cyclic esters (lactones) is 1. The van der Waals surface area contributed by atoms with Gasteiger partial charge in [-0.1, -0.05) is 89.3 Å². The van der Waals surface area contributed by atoms with Crippen molar-refractivity contribution in [1.29, 1.82) is 0 Å². The smallest absolute Gasteiger partial charge is 0.404 e. The Labute approximate surface area is 228 Å². The van der Waals surface area contributed by atoms with E-state index in [-0.39, 0.29) is 18.0 Å². The maximum Gasteiger partial charge on any atom is 0.404 e. The predicted octanol–water partition coefficient (Wildman–Crippen LogP) is 5.58. The van der Waals surface area contributed by atoms with Crippen molar-refractivity contribution in [3.05, 3.63) is 69.9 Å². The summed E-state index contributed by atoms with van der Waals surface area (Å²) in [4.78, 5) is 23.7. The predicted molar refractivity (Wildman–Crippen MR) is 151 cm³/mol. The highest BCUT2D eigenvalue weighted by Gasteiger charge is 2.21. The van der Waals surface area contributed by atoms with E-state index in [9.17, 15) is 19.8 Å². The van der Waals surface area contributed by atoms with Crippen molar-refractivity contribution >= 4 is 34.7 Å². The summed E-state index contributed by atoms with van der Waals surface area (Å²) < 4.78 is 12.8. The largest absolute Gasteiger partial charge is 0.458 e. The molecule has 0 saturated carbocycles. The van der Waals surface area contributed by atoms with Gasteiger partial charge in [0.25, 0.3) is 0 Å². The molecule has 1 aliphatic rings. The van der Waals surface area contributed by atoms with Gasteiger partial charge in [0.1, 0.15) is 18.3 Å². The number of ether oxygens (including phenoxy) is 2. The molecule has 36 heavy (non-hydrogen) atoms. The molecule has 5 atom stereocenters. The Morgan fingerprint density at radius 1 is 1.25 bits per heavy atom. The average molecular weight is 614 g/mol. The standard InChI is InChI=1S/C28H40INO6/c1-20-10-6-4-8-12-25(36-28(30)34)24(32)15-14-23(31)11-7-5-9-13-27(33)35-26(19-20)22(3)18-21(2)16-17-29/h4,6,9-10,13-18,22-26,31-32H,5,7-8,11-12,19H2,1-3H3,(H2,30,34)/b6-4+,13-9+,15-14+,17-16+,20-10+,21-18+/t22-,23+,24+,25+,26-/m1/s1. The van der Waals surface area contributed by atoms with Crippen molar-refractivity contribution in [2.45, 2.75) is 83.7 Å². The van der Waals surface area contributed by atoms with Gasteiger partial charge in [0.05, 0.1) is 6.10 Å². The molecule has 0 bridgehead atoms. The summed E-state index contributed by atoms with van der Waals surface area (Å²) in [7, 11) is 0. The van der Waals surface area contributed by atoms with Crippen LogP contribution < -0.4 is 5.73 Å². The summed E-state index contributed by atoms with van der Waals surface area (Å²) in [6.07, 6.45) is 15.2. The van der Waals surface area contributed by atoms with Crippen LogP contribution in [0.5, 0.6) is 0 Å². The van der Waals surface area contributed by atoms with Crippen LogP contribution in [-0.4, -0.2) is 46.7 Å². The van der Waals surface area contributed by atoms with Gasteiger partial charge in [0, 0.05) is 18.4 Å². The van der Waals surface area contributed by atoms with Gasteiger partial charge in [-0.2, -0.15) is 0 Å². The van der Waals surface area contributed by atoms with Gasteiger partial charge < -0.3 is 25.4 Å². The van der Waals surface area contributed by atoms with Crippen LogP contribution in [0.4, 0.5) is 4.79 Å². The summed E-state index contributed by atoms with van der Waals surface area (Å²) in [5.74, 6) is -0.376. The van der Waals surface area contributed by atoms with Crippen LogP contribution >= 0.6 is 22.6 Å². The lowest BCUT2D eigenvalue weighted by atomic mass is 9.95. The lowest BCUT2D eigenvalue weighted by Gasteiger charge is -2.22. The second kappa shape index (κ2) is 18.1. The fourth-order valence-electron chi connectivity index (χ4n) is 3.71. The van der Waals surface area contributed by atoms with Crippen molar-refractivity contribution in [2.75, 3.05) is 0 Å². The highest BCUT2D eigenvalue weighted by molar-refractivity contribution is 14.1. The number of aliphatic hydroxyl groups excluding tert-OH is 2. The van der Waals surface area contributed by atoms with Crippen LogP contribution in [0, 0.1) is 5.92 Å². The Morgan fingerprint density at radius 3 is 2.69 bits per heavy atom. The lowest BCUT2D eigenvalue weighted by Crippen LogP contribution is -2.32. The van der Waals surface area contributed by atoms with Gasteiger partial charge in [-0.15, -0.1) is 0 Å². The number of primary amides is 1. The van der Waals surface area contributed by atoms with Gasteiger partial charge in [-0.05, 0) is 50.0 Å². The molecule has 0 aromatic carbocycles. The zero-order valence-electron chi connectivity index (χ0n) is 21.4. The molecule has 0 aliphatic carbocycles. The van der Waals surface area contributed by atoms with Gasteiger partial charge in [-0.3, -0.25) is 0 Å². The molecule has 1 rings (SSSR count). The molecule has 7 nitrogen and oxygen atoms in total. The van der Waals surface area contributed by atoms with E-state index in [1.165, 1.54) is 18.2 Å². The highest BCUT2D eigenvalue weighted by atomic mass is 127. The van der Waals surface area contributed by atoms with E-state index in [0.29, 0.717) is 38.5 Å². The van der Waals surface area contributed by atoms with Gasteiger partial charge in [0.2, 0.25) is 0 Å². The summed E-state index contributed by atoms with van der Waals surface area (Å²) in [5.41, 5.74) is 7.30. The minimum absolute atomic E-state index is 0.00951. The maximum absolute atomic E-state index is 12.5. The third kappa shape index (κ3) is 14.4. The number of hydrogen-bond donors (Lipinski definition) is 3. The van der Waals surface area contributed by atoms with E-state index < -0.39 is 24.4 Å². The number of carbonyl (C=O) groups excluding carboxylic acids is 2. The van der Waals surface area contributed by atoms with Crippen LogP contribution in [0.15, 0.2) is 69.9 Å². The molecule has 200 valence electrons. The molecule has 8 heteroatoms. The fraction of sp³-hybridized carbons (Fsp3) is 0.500. The normalized spacial score (nSPS) is 30.9. The van der Waals surface area contributed by atoms with Crippen LogP contribution in [0.3, 0.4) is 0 Å². The molecule has 1 amide bonds. The molecular formula is C28H40INO6. The average Bonchev–Trinajstić information content (AvgIpc) is 2.80. The van der Waals surface area contributed by atoms with E-state index in [4.69, 9.17) is 15.2 Å². The van der Waals surface area contributed by atoms with Gasteiger partial charge in [0.15, 0.2) is 0 Å². The van der Waals surface area contributed by atoms with E-state index >= 15 is 0 Å². The molecule has 1 heterocycles. The Kier molecular flexibility index (Phi) is 16.0. The Hall–Kier alpha value is -2.17. The number of amides is 1. The van der Waals surface area contributed by atoms with Crippen molar-refractivity contribution < 1.29 is 29.3 Å². The Balaban J connectivity index is 3.09. The molecular weight excluding hydrogens is 573 g/mol. The SMILES string of the molecule is CC(/C=C/I)=C\[C@@H](C)[C@H]1C/C(C)=C/C=C/CC[C@H](OC(N)=O)[C@@H](O)/C=C/[C@@H](O)CCC/C=C/C(=O)O1. The van der Waals surface area contributed by atoms with Gasteiger partial charge in [-0.25, -0.2) is 9.59 Å². The molecule has 0 saturated heterocycles. The monoisotopic (exact) mass is 613 g/mol. The maximum atomic E-state index is 12.5. The second-order valence-corrected chi connectivity index (χ2v) is 9.73. The molecule has 0 spiro atoms. The van der Waals surface area contributed by atoms with Crippen molar-refractivity contribution in [3.63, 3.8) is 0 Å². The third-order valence-corrected chi connectivity index (χ3v) is 6.03. The topological polar surface area (TPSA) is 119 Å². The van der Waals surface area contributed by atoms with Gasteiger partial charge >= 0.3 is 12.1 Å². The highest BCUT2D eigenvalue weighted by Crippen LogP contribution is 2.21. The van der Waals surface area contributed by atoms with Crippen LogP contribution in [0.25, 0.3) is 0 Å². The minimum atomic E-state index is -1.08. The Morgan fingerprint density at radius 2 is 2.00 bits per heavy atom. The van der Waals surface area contributed by atoms with Crippen LogP contribution in [0.1, 0.15) is 59.3 Å². The molecule has 0 aromatic rings. The van der Waals surface area contributed by atoms with Crippen LogP contribution in [0.2, 0.25) is 0 Å². The first-order chi connectivity index (χ1) is 17.1. The summed E-state index contributed by atoms with van der Waals surface area (Å²) >= 11 is 2.17. The quantitative estimate of drug-likeness (QED) is 0.165. The summed E-state index contributed by atoms with van der Waals surface area (Å²) in [6, 6.07) is 0. The number of nitrogens with two attached hydrogens (primary N) is 1. The van der Waals surface area contributed by atoms with E-state index in [1.807, 2.05) is 49.2 Å². The van der Waals surface area contributed by atoms with E-state index in [0.717, 1.165) is 11.1 Å². The first-order valence-corrected chi connectivity index (χ1v) is 13.5. The van der Waals surface area contributed by atoms with Crippen molar-refractivity contribution in [2.24, 2.45) is 11.7 Å². The van der Waals surface area contributed by atoms with Crippen LogP contribution in [-0.2, 0) is 14.3 Å². The number of carbonyl (C=O) groups is 2. The number of halogens is 1. The zero-order chi connectivity index (χ0) is 26.9. The minimum Gasteiger partial charge on any atom is -0.458 e. The second-order valence-electron chi connectivity index (χ2n) is 9.01. The first kappa shape index (κ1) is 31.9. The molecule has 1 aliphatic heterocycles. The molecule has 0 unspecified atom stereocenters. The number of rotatable bonds is 4. The summed E-state index contributed by atoms with van der Waals surface area (Å²) in [5, 5.41) is 20.6. The van der Waals surface area contributed by atoms with Crippen molar-refractivity contribution in [1.82, 2.24) is 0 Å². The first-order valence-electron chi connectivity index (χ1n) is 12.3. The molecule has 0 radical (unpaired) electrons. The molecule has 0 fully saturated rings. The fourth-order valence-corrected chi connectivity index (χ4v) is 4.28. The molecule has 4 N–H and O–H groups in total. The van der Waals surface area contributed by atoms with E-state index in [2.05, 4.69) is 28.7 Å². The zero-order valence-corrected chi connectivity index (χ0v) is 23.5. The summed E-state index contributed by atoms with van der Waals surface area (Å²) in [6.45, 7) is 6.03. The third-order valence-electron chi connectivity index (χ3n) is 5.67. The number of allylic oxidation sites excluding steroid dienone is 6. The Bertz CT molecular complexity index is 873.